The molecule has 134 valence electrons. The lowest BCUT2D eigenvalue weighted by molar-refractivity contribution is -0.140. The number of carbonyl (C=O) groups is 3. The molecule has 0 radical (unpaired) electrons. The summed E-state index contributed by atoms with van der Waals surface area (Å²) in [5.74, 6) is -0.510. The molecule has 1 saturated heterocycles. The SMILES string of the molecule is Cc1ccccc1CCNC(=O)CCN1C(=O)[C@@H]2CCCC[C@H]2C1=O. The zero-order valence-corrected chi connectivity index (χ0v) is 14.8. The standard InChI is InChI=1S/C20H26N2O3/c1-14-6-2-3-7-15(14)10-12-21-18(23)11-13-22-19(24)16-8-4-5-9-17(16)20(22)25/h2-3,6-7,16-17H,4-5,8-13H2,1H3,(H,21,23)/t16-,17-/m1/s1. The summed E-state index contributed by atoms with van der Waals surface area (Å²) in [5, 5.41) is 2.89. The maximum atomic E-state index is 12.4. The molecule has 2 atom stereocenters. The molecular weight excluding hydrogens is 316 g/mol. The third-order valence-corrected chi connectivity index (χ3v) is 5.47. The monoisotopic (exact) mass is 342 g/mol. The number of likely N-dealkylation sites (tertiary alicyclic amines) is 1. The lowest BCUT2D eigenvalue weighted by Gasteiger charge is -2.19. The van der Waals surface area contributed by atoms with Crippen molar-refractivity contribution in [3.05, 3.63) is 35.4 Å². The molecule has 1 heterocycles. The molecular formula is C20H26N2O3. The summed E-state index contributed by atoms with van der Waals surface area (Å²) >= 11 is 0. The maximum Gasteiger partial charge on any atom is 0.233 e. The van der Waals surface area contributed by atoms with Crippen LogP contribution in [-0.2, 0) is 20.8 Å². The molecule has 1 aliphatic carbocycles. The van der Waals surface area contributed by atoms with Crippen molar-refractivity contribution < 1.29 is 14.4 Å². The van der Waals surface area contributed by atoms with Crippen molar-refractivity contribution in [1.82, 2.24) is 10.2 Å². The number of nitrogens with one attached hydrogen (secondary N) is 1. The minimum absolute atomic E-state index is 0.0672. The zero-order chi connectivity index (χ0) is 17.8. The molecule has 1 N–H and O–H groups in total. The molecule has 3 rings (SSSR count). The van der Waals surface area contributed by atoms with Crippen LogP contribution in [0.2, 0.25) is 0 Å². The Morgan fingerprint density at radius 3 is 2.40 bits per heavy atom. The molecule has 1 aromatic carbocycles. The van der Waals surface area contributed by atoms with Crippen molar-refractivity contribution in [3.8, 4) is 0 Å². The summed E-state index contributed by atoms with van der Waals surface area (Å²) < 4.78 is 0. The average molecular weight is 342 g/mol. The van der Waals surface area contributed by atoms with Gasteiger partial charge in [0.15, 0.2) is 0 Å². The Hall–Kier alpha value is -2.17. The van der Waals surface area contributed by atoms with E-state index < -0.39 is 0 Å². The highest BCUT2D eigenvalue weighted by Gasteiger charge is 2.47. The van der Waals surface area contributed by atoms with Crippen LogP contribution in [0.15, 0.2) is 24.3 Å². The van der Waals surface area contributed by atoms with E-state index in [-0.39, 0.29) is 42.5 Å². The van der Waals surface area contributed by atoms with Gasteiger partial charge in [-0.15, -0.1) is 0 Å². The van der Waals surface area contributed by atoms with Gasteiger partial charge >= 0.3 is 0 Å². The van der Waals surface area contributed by atoms with Crippen LogP contribution in [-0.4, -0.2) is 35.7 Å². The molecule has 3 amide bonds. The van der Waals surface area contributed by atoms with Crippen molar-refractivity contribution in [2.75, 3.05) is 13.1 Å². The second-order valence-electron chi connectivity index (χ2n) is 7.10. The van der Waals surface area contributed by atoms with Crippen LogP contribution in [0.1, 0.15) is 43.2 Å². The quantitative estimate of drug-likeness (QED) is 0.806. The molecule has 5 nitrogen and oxygen atoms in total. The summed E-state index contributed by atoms with van der Waals surface area (Å²) in [6.07, 6.45) is 4.64. The van der Waals surface area contributed by atoms with Crippen molar-refractivity contribution >= 4 is 17.7 Å². The van der Waals surface area contributed by atoms with Gasteiger partial charge in [-0.05, 0) is 37.3 Å². The summed E-state index contributed by atoms with van der Waals surface area (Å²) in [5.41, 5.74) is 2.43. The number of nitrogens with zero attached hydrogens (tertiary/aromatic N) is 1. The van der Waals surface area contributed by atoms with E-state index in [9.17, 15) is 14.4 Å². The summed E-state index contributed by atoms with van der Waals surface area (Å²) in [6.45, 7) is 2.83. The number of hydrogen-bond acceptors (Lipinski definition) is 3. The number of hydrogen-bond donors (Lipinski definition) is 1. The van der Waals surface area contributed by atoms with Crippen LogP contribution < -0.4 is 5.32 Å². The normalized spacial score (nSPS) is 22.8. The summed E-state index contributed by atoms with van der Waals surface area (Å²) in [6, 6.07) is 8.11. The van der Waals surface area contributed by atoms with E-state index in [2.05, 4.69) is 24.4 Å². The second kappa shape index (κ2) is 7.81. The highest BCUT2D eigenvalue weighted by atomic mass is 16.2. The first-order chi connectivity index (χ1) is 12.1. The van der Waals surface area contributed by atoms with E-state index in [1.807, 2.05) is 12.1 Å². The van der Waals surface area contributed by atoms with Crippen LogP contribution in [0.4, 0.5) is 0 Å². The van der Waals surface area contributed by atoms with Crippen LogP contribution in [0, 0.1) is 18.8 Å². The number of amides is 3. The lowest BCUT2D eigenvalue weighted by Crippen LogP contribution is -2.35. The Balaban J connectivity index is 1.44. The fourth-order valence-electron chi connectivity index (χ4n) is 3.98. The molecule has 5 heteroatoms. The van der Waals surface area contributed by atoms with E-state index in [4.69, 9.17) is 0 Å². The van der Waals surface area contributed by atoms with E-state index in [0.717, 1.165) is 32.1 Å². The maximum absolute atomic E-state index is 12.4. The third-order valence-electron chi connectivity index (χ3n) is 5.47. The molecule has 1 aliphatic heterocycles. The van der Waals surface area contributed by atoms with Gasteiger partial charge in [0.25, 0.3) is 0 Å². The topological polar surface area (TPSA) is 66.5 Å². The Morgan fingerprint density at radius 1 is 1.12 bits per heavy atom. The van der Waals surface area contributed by atoms with Crippen molar-refractivity contribution in [1.29, 1.82) is 0 Å². The van der Waals surface area contributed by atoms with Crippen LogP contribution in [0.25, 0.3) is 0 Å². The number of imide groups is 1. The first-order valence-electron chi connectivity index (χ1n) is 9.24. The van der Waals surface area contributed by atoms with Crippen molar-refractivity contribution in [2.24, 2.45) is 11.8 Å². The van der Waals surface area contributed by atoms with Crippen LogP contribution >= 0.6 is 0 Å². The molecule has 0 spiro atoms. The number of rotatable bonds is 6. The first-order valence-corrected chi connectivity index (χ1v) is 9.24. The largest absolute Gasteiger partial charge is 0.356 e. The molecule has 2 fully saturated rings. The predicted octanol–water partition coefficient (Wildman–Crippen LogP) is 2.22. The van der Waals surface area contributed by atoms with Gasteiger partial charge in [0.1, 0.15) is 0 Å². The fourth-order valence-corrected chi connectivity index (χ4v) is 3.98. The molecule has 25 heavy (non-hydrogen) atoms. The molecule has 0 aromatic heterocycles. The molecule has 0 bridgehead atoms. The number of aryl methyl sites for hydroxylation is 1. The van der Waals surface area contributed by atoms with E-state index in [1.54, 1.807) is 0 Å². The summed E-state index contributed by atoms with van der Waals surface area (Å²) in [4.78, 5) is 38.1. The highest BCUT2D eigenvalue weighted by Crippen LogP contribution is 2.37. The van der Waals surface area contributed by atoms with Crippen molar-refractivity contribution in [2.45, 2.75) is 45.4 Å². The smallest absolute Gasteiger partial charge is 0.233 e. The molecule has 1 saturated carbocycles. The number of fused-ring (bicyclic) bond motifs is 1. The van der Waals surface area contributed by atoms with Gasteiger partial charge in [0, 0.05) is 19.5 Å². The number of benzene rings is 1. The molecule has 1 aromatic rings. The molecule has 0 unspecified atom stereocenters. The van der Waals surface area contributed by atoms with Gasteiger partial charge in [-0.3, -0.25) is 19.3 Å². The number of carbonyl (C=O) groups excluding carboxylic acids is 3. The minimum Gasteiger partial charge on any atom is -0.356 e. The lowest BCUT2D eigenvalue weighted by atomic mass is 9.81. The zero-order valence-electron chi connectivity index (χ0n) is 14.8. The Bertz CT molecular complexity index is 647. The summed E-state index contributed by atoms with van der Waals surface area (Å²) in [7, 11) is 0. The van der Waals surface area contributed by atoms with Gasteiger partial charge in [0.05, 0.1) is 11.8 Å². The van der Waals surface area contributed by atoms with Gasteiger partial charge in [-0.2, -0.15) is 0 Å². The predicted molar refractivity (Wildman–Crippen MR) is 94.7 cm³/mol. The average Bonchev–Trinajstić information content (AvgIpc) is 2.86. The Kier molecular flexibility index (Phi) is 5.51. The second-order valence-corrected chi connectivity index (χ2v) is 7.10. The van der Waals surface area contributed by atoms with Gasteiger partial charge in [-0.1, -0.05) is 37.1 Å². The van der Waals surface area contributed by atoms with E-state index in [0.29, 0.717) is 6.54 Å². The van der Waals surface area contributed by atoms with E-state index >= 15 is 0 Å². The van der Waals surface area contributed by atoms with Gasteiger partial charge < -0.3 is 5.32 Å². The minimum atomic E-state index is -0.134. The molecule has 2 aliphatic rings. The van der Waals surface area contributed by atoms with Crippen LogP contribution in [0.3, 0.4) is 0 Å². The fraction of sp³-hybridized carbons (Fsp3) is 0.550. The van der Waals surface area contributed by atoms with Gasteiger partial charge in [-0.25, -0.2) is 0 Å². The van der Waals surface area contributed by atoms with E-state index in [1.165, 1.54) is 16.0 Å². The first kappa shape index (κ1) is 17.6. The highest BCUT2D eigenvalue weighted by molar-refractivity contribution is 6.05. The third kappa shape index (κ3) is 3.91. The Labute approximate surface area is 148 Å². The van der Waals surface area contributed by atoms with Gasteiger partial charge in [0.2, 0.25) is 17.7 Å². The van der Waals surface area contributed by atoms with Crippen LogP contribution in [0.5, 0.6) is 0 Å². The Morgan fingerprint density at radius 2 is 1.76 bits per heavy atom. The van der Waals surface area contributed by atoms with Crippen molar-refractivity contribution in [3.63, 3.8) is 0 Å².